The smallest absolute Gasteiger partial charge is 0.309 e. The maximum Gasteiger partial charge on any atom is 0.309 e. The van der Waals surface area contributed by atoms with Crippen LogP contribution in [0, 0.1) is 5.41 Å². The van der Waals surface area contributed by atoms with Gasteiger partial charge >= 0.3 is 5.97 Å². The number of fused-ring (bicyclic) bond motifs is 1. The van der Waals surface area contributed by atoms with Gasteiger partial charge in [-0.3, -0.25) is 4.79 Å². The zero-order valence-electron chi connectivity index (χ0n) is 11.9. The number of imidazole rings is 1. The van der Waals surface area contributed by atoms with E-state index in [1.54, 1.807) is 13.8 Å². The summed E-state index contributed by atoms with van der Waals surface area (Å²) in [6.07, 6.45) is 1.40. The highest BCUT2D eigenvalue weighted by Crippen LogP contribution is 2.25. The van der Waals surface area contributed by atoms with E-state index in [2.05, 4.69) is 16.5 Å². The molecule has 0 aliphatic carbocycles. The van der Waals surface area contributed by atoms with Crippen LogP contribution in [0.4, 0.5) is 0 Å². The molecule has 0 spiro atoms. The van der Waals surface area contributed by atoms with Gasteiger partial charge in [-0.1, -0.05) is 13.0 Å². The van der Waals surface area contributed by atoms with Gasteiger partial charge in [0.1, 0.15) is 5.82 Å². The number of aromatic nitrogens is 2. The molecule has 0 amide bonds. The van der Waals surface area contributed by atoms with E-state index in [1.165, 1.54) is 0 Å². The van der Waals surface area contributed by atoms with Crippen molar-refractivity contribution in [2.24, 2.45) is 12.5 Å². The van der Waals surface area contributed by atoms with E-state index in [4.69, 9.17) is 0 Å². The molecule has 1 N–H and O–H groups in total. The first-order valence-corrected chi connectivity index (χ1v) is 6.53. The van der Waals surface area contributed by atoms with E-state index in [0.29, 0.717) is 6.42 Å². The zero-order chi connectivity index (χ0) is 14.2. The fourth-order valence-electron chi connectivity index (χ4n) is 2.31. The second-order valence-corrected chi connectivity index (χ2v) is 5.63. The number of hydrogen-bond acceptors (Lipinski definition) is 2. The highest BCUT2D eigenvalue weighted by atomic mass is 16.4. The minimum Gasteiger partial charge on any atom is -0.481 e. The number of carboxylic acid groups (broad SMARTS) is 1. The molecular weight excluding hydrogens is 240 g/mol. The molecule has 0 bridgehead atoms. The lowest BCUT2D eigenvalue weighted by molar-refractivity contribution is -0.146. The van der Waals surface area contributed by atoms with E-state index in [-0.39, 0.29) is 0 Å². The molecule has 19 heavy (non-hydrogen) atoms. The van der Waals surface area contributed by atoms with Crippen LogP contribution >= 0.6 is 0 Å². The number of nitrogens with zero attached hydrogens (tertiary/aromatic N) is 2. The van der Waals surface area contributed by atoms with Crippen LogP contribution in [0.2, 0.25) is 0 Å². The minimum atomic E-state index is -0.775. The summed E-state index contributed by atoms with van der Waals surface area (Å²) in [5, 5.41) is 9.18. The first kappa shape index (κ1) is 13.6. The highest BCUT2D eigenvalue weighted by Gasteiger charge is 2.27. The molecule has 0 aliphatic rings. The summed E-state index contributed by atoms with van der Waals surface area (Å²) in [7, 11) is 2.01. The molecule has 1 heterocycles. The van der Waals surface area contributed by atoms with Gasteiger partial charge in [-0.2, -0.15) is 0 Å². The lowest BCUT2D eigenvalue weighted by atomic mass is 9.86. The average molecular weight is 260 g/mol. The van der Waals surface area contributed by atoms with E-state index in [1.807, 2.05) is 25.2 Å². The van der Waals surface area contributed by atoms with Gasteiger partial charge in [0, 0.05) is 13.5 Å². The molecule has 0 fully saturated rings. The molecule has 102 valence electrons. The summed E-state index contributed by atoms with van der Waals surface area (Å²) in [5.41, 5.74) is 2.29. The zero-order valence-corrected chi connectivity index (χ0v) is 11.9. The molecule has 0 atom stereocenters. The Kier molecular flexibility index (Phi) is 3.35. The van der Waals surface area contributed by atoms with Crippen LogP contribution in [0.5, 0.6) is 0 Å². The number of aryl methyl sites for hydroxylation is 2. The maximum atomic E-state index is 11.2. The third-order valence-electron chi connectivity index (χ3n) is 3.58. The van der Waals surface area contributed by atoms with Crippen molar-refractivity contribution in [3.05, 3.63) is 29.6 Å². The molecule has 0 radical (unpaired) electrons. The number of hydrogen-bond donors (Lipinski definition) is 1. The van der Waals surface area contributed by atoms with Crippen LogP contribution in [0.15, 0.2) is 18.2 Å². The molecular formula is C15H20N2O2. The predicted molar refractivity (Wildman–Crippen MR) is 75.2 cm³/mol. The van der Waals surface area contributed by atoms with Crippen molar-refractivity contribution in [2.45, 2.75) is 33.6 Å². The largest absolute Gasteiger partial charge is 0.481 e. The normalized spacial score (nSPS) is 12.0. The van der Waals surface area contributed by atoms with Crippen LogP contribution in [0.3, 0.4) is 0 Å². The second kappa shape index (κ2) is 4.68. The Morgan fingerprint density at radius 3 is 2.68 bits per heavy atom. The first-order chi connectivity index (χ1) is 8.85. The fraction of sp³-hybridized carbons (Fsp3) is 0.467. The summed E-state index contributed by atoms with van der Waals surface area (Å²) in [5.74, 6) is 0.271. The summed E-state index contributed by atoms with van der Waals surface area (Å²) < 4.78 is 2.08. The van der Waals surface area contributed by atoms with Crippen molar-refractivity contribution in [1.82, 2.24) is 9.55 Å². The molecule has 0 saturated carbocycles. The lowest BCUT2D eigenvalue weighted by Gasteiger charge is -2.18. The van der Waals surface area contributed by atoms with Gasteiger partial charge in [-0.25, -0.2) is 4.98 Å². The standard InChI is InChI=1S/C15H20N2O2/c1-5-13-16-11-8-10(6-7-12(11)17(13)4)9-15(2,3)14(18)19/h6-8H,5,9H2,1-4H3,(H,18,19). The lowest BCUT2D eigenvalue weighted by Crippen LogP contribution is -2.26. The molecule has 1 aromatic carbocycles. The van der Waals surface area contributed by atoms with Crippen LogP contribution in [-0.2, 0) is 24.7 Å². The fourth-order valence-corrected chi connectivity index (χ4v) is 2.31. The summed E-state index contributed by atoms with van der Waals surface area (Å²) in [4.78, 5) is 15.8. The topological polar surface area (TPSA) is 55.1 Å². The summed E-state index contributed by atoms with van der Waals surface area (Å²) >= 11 is 0. The monoisotopic (exact) mass is 260 g/mol. The Morgan fingerprint density at radius 1 is 1.42 bits per heavy atom. The van der Waals surface area contributed by atoms with Gasteiger partial charge in [0.15, 0.2) is 0 Å². The second-order valence-electron chi connectivity index (χ2n) is 5.63. The molecule has 0 unspecified atom stereocenters. The van der Waals surface area contributed by atoms with Gasteiger partial charge < -0.3 is 9.67 Å². The van der Waals surface area contributed by atoms with Crippen molar-refractivity contribution >= 4 is 17.0 Å². The first-order valence-electron chi connectivity index (χ1n) is 6.53. The minimum absolute atomic E-state index is 0.510. The number of rotatable bonds is 4. The summed E-state index contributed by atoms with van der Waals surface area (Å²) in [6.45, 7) is 5.57. The van der Waals surface area contributed by atoms with E-state index in [9.17, 15) is 9.90 Å². The quantitative estimate of drug-likeness (QED) is 0.919. The maximum absolute atomic E-state index is 11.2. The number of carbonyl (C=O) groups is 1. The van der Waals surface area contributed by atoms with Gasteiger partial charge in [-0.05, 0) is 38.0 Å². The molecule has 0 saturated heterocycles. The molecule has 0 aliphatic heterocycles. The average Bonchev–Trinajstić information content (AvgIpc) is 2.65. The molecule has 4 nitrogen and oxygen atoms in total. The van der Waals surface area contributed by atoms with E-state index in [0.717, 1.165) is 28.8 Å². The Hall–Kier alpha value is -1.84. The molecule has 4 heteroatoms. The van der Waals surface area contributed by atoms with Crippen LogP contribution < -0.4 is 0 Å². The number of carboxylic acids is 1. The van der Waals surface area contributed by atoms with Crippen molar-refractivity contribution in [3.8, 4) is 0 Å². The third kappa shape index (κ3) is 2.48. The Balaban J connectivity index is 2.40. The van der Waals surface area contributed by atoms with Crippen molar-refractivity contribution in [2.75, 3.05) is 0 Å². The molecule has 2 aromatic rings. The van der Waals surface area contributed by atoms with Crippen molar-refractivity contribution < 1.29 is 9.90 Å². The van der Waals surface area contributed by atoms with Gasteiger partial charge in [0.2, 0.25) is 0 Å². The van der Waals surface area contributed by atoms with Crippen LogP contribution in [0.25, 0.3) is 11.0 Å². The Morgan fingerprint density at radius 2 is 2.11 bits per heavy atom. The number of aliphatic carboxylic acids is 1. The van der Waals surface area contributed by atoms with Gasteiger partial charge in [0.05, 0.1) is 16.4 Å². The predicted octanol–water partition coefficient (Wildman–Crippen LogP) is 2.79. The summed E-state index contributed by atoms with van der Waals surface area (Å²) in [6, 6.07) is 6.02. The third-order valence-corrected chi connectivity index (χ3v) is 3.58. The highest BCUT2D eigenvalue weighted by molar-refractivity contribution is 5.78. The van der Waals surface area contributed by atoms with Crippen LogP contribution in [-0.4, -0.2) is 20.6 Å². The van der Waals surface area contributed by atoms with Crippen molar-refractivity contribution in [3.63, 3.8) is 0 Å². The van der Waals surface area contributed by atoms with Crippen LogP contribution in [0.1, 0.15) is 32.2 Å². The molecule has 1 aromatic heterocycles. The SMILES string of the molecule is CCc1nc2cc(CC(C)(C)C(=O)O)ccc2n1C. The van der Waals surface area contributed by atoms with E-state index >= 15 is 0 Å². The van der Waals surface area contributed by atoms with Gasteiger partial charge in [0.25, 0.3) is 0 Å². The van der Waals surface area contributed by atoms with E-state index < -0.39 is 11.4 Å². The Labute approximate surface area is 113 Å². The molecule has 2 rings (SSSR count). The van der Waals surface area contributed by atoms with Crippen molar-refractivity contribution in [1.29, 1.82) is 0 Å². The Bertz CT molecular complexity index is 626. The number of benzene rings is 1. The van der Waals surface area contributed by atoms with Gasteiger partial charge in [-0.15, -0.1) is 0 Å².